The zero-order valence-electron chi connectivity index (χ0n) is 16.0. The number of hydrogen-bond donors (Lipinski definition) is 4. The number of rotatable bonds is 9. The minimum atomic E-state index is -1.76. The molecule has 0 aromatic heterocycles. The topological polar surface area (TPSA) is 156 Å². The molecule has 0 aliphatic carbocycles. The molecule has 5 N–H and O–H groups in total. The number of aliphatic carboxylic acids is 2. The van der Waals surface area contributed by atoms with Crippen molar-refractivity contribution in [3.05, 3.63) is 70.8 Å². The van der Waals surface area contributed by atoms with E-state index in [4.69, 9.17) is 20.7 Å². The van der Waals surface area contributed by atoms with E-state index in [9.17, 15) is 19.2 Å². The van der Waals surface area contributed by atoms with Crippen LogP contribution in [0.3, 0.4) is 0 Å². The minimum absolute atomic E-state index is 0.0261. The molecule has 2 aromatic carbocycles. The van der Waals surface area contributed by atoms with Crippen molar-refractivity contribution < 1.29 is 34.1 Å². The maximum atomic E-state index is 12.2. The van der Waals surface area contributed by atoms with Gasteiger partial charge < -0.3 is 26.0 Å². The van der Waals surface area contributed by atoms with E-state index in [1.807, 2.05) is 11.4 Å². The van der Waals surface area contributed by atoms with Crippen LogP contribution in [0.4, 0.5) is 0 Å². The van der Waals surface area contributed by atoms with Crippen LogP contribution in [0.1, 0.15) is 27.0 Å². The molecular weight excluding hydrogens is 392 g/mol. The Morgan fingerprint density at radius 3 is 2.23 bits per heavy atom. The summed E-state index contributed by atoms with van der Waals surface area (Å²) < 4.78 is 5.30. The highest BCUT2D eigenvalue weighted by atomic mass is 16.5. The van der Waals surface area contributed by atoms with Crippen LogP contribution in [0.5, 0.6) is 0 Å². The van der Waals surface area contributed by atoms with Crippen LogP contribution in [-0.4, -0.2) is 46.6 Å². The Hall–Kier alpha value is -3.72. The SMILES string of the molecule is NCCc1cccc(C(=O)OCc2ccc(CC(NC(=O)C(=O)O)C(=O)O)cc2)c1. The van der Waals surface area contributed by atoms with Crippen LogP contribution in [0.15, 0.2) is 48.5 Å². The van der Waals surface area contributed by atoms with Gasteiger partial charge in [0.15, 0.2) is 0 Å². The van der Waals surface area contributed by atoms with E-state index in [1.165, 1.54) is 0 Å². The molecule has 0 spiro atoms. The second-order valence-corrected chi connectivity index (χ2v) is 6.51. The van der Waals surface area contributed by atoms with Gasteiger partial charge in [0.1, 0.15) is 12.6 Å². The Balaban J connectivity index is 1.94. The molecule has 9 nitrogen and oxygen atoms in total. The van der Waals surface area contributed by atoms with Crippen molar-refractivity contribution in [3.8, 4) is 0 Å². The van der Waals surface area contributed by atoms with Crippen molar-refractivity contribution in [1.82, 2.24) is 5.32 Å². The van der Waals surface area contributed by atoms with E-state index in [0.717, 1.165) is 5.56 Å². The molecule has 0 bridgehead atoms. The van der Waals surface area contributed by atoms with E-state index >= 15 is 0 Å². The first-order valence-corrected chi connectivity index (χ1v) is 9.10. The Morgan fingerprint density at radius 2 is 1.63 bits per heavy atom. The summed E-state index contributed by atoms with van der Waals surface area (Å²) in [6.45, 7) is 0.506. The van der Waals surface area contributed by atoms with Gasteiger partial charge in [0.2, 0.25) is 0 Å². The van der Waals surface area contributed by atoms with Crippen molar-refractivity contribution in [1.29, 1.82) is 0 Å². The second kappa shape index (κ2) is 10.7. The summed E-state index contributed by atoms with van der Waals surface area (Å²) in [5, 5.41) is 19.7. The fraction of sp³-hybridized carbons (Fsp3) is 0.238. The molecule has 1 unspecified atom stereocenters. The Kier molecular flexibility index (Phi) is 8.07. The van der Waals surface area contributed by atoms with Crippen molar-refractivity contribution in [2.75, 3.05) is 6.54 Å². The van der Waals surface area contributed by atoms with Crippen LogP contribution in [-0.2, 0) is 38.6 Å². The number of benzene rings is 2. The van der Waals surface area contributed by atoms with Crippen LogP contribution in [0.2, 0.25) is 0 Å². The third-order valence-electron chi connectivity index (χ3n) is 4.23. The monoisotopic (exact) mass is 414 g/mol. The third kappa shape index (κ3) is 6.71. The Morgan fingerprint density at radius 1 is 0.967 bits per heavy atom. The van der Waals surface area contributed by atoms with Gasteiger partial charge in [-0.05, 0) is 41.8 Å². The fourth-order valence-electron chi connectivity index (χ4n) is 2.68. The molecule has 0 aliphatic heterocycles. The number of ether oxygens (including phenoxy) is 1. The average molecular weight is 414 g/mol. The van der Waals surface area contributed by atoms with Crippen molar-refractivity contribution in [2.45, 2.75) is 25.5 Å². The number of amides is 1. The van der Waals surface area contributed by atoms with E-state index in [0.29, 0.717) is 29.7 Å². The first-order chi connectivity index (χ1) is 14.3. The normalized spacial score (nSPS) is 11.4. The predicted octanol–water partition coefficient (Wildman–Crippen LogP) is 0.741. The van der Waals surface area contributed by atoms with Gasteiger partial charge in [-0.15, -0.1) is 0 Å². The highest BCUT2D eigenvalue weighted by Gasteiger charge is 2.23. The van der Waals surface area contributed by atoms with Crippen molar-refractivity contribution in [3.63, 3.8) is 0 Å². The summed E-state index contributed by atoms with van der Waals surface area (Å²) in [4.78, 5) is 45.2. The number of hydrogen-bond acceptors (Lipinski definition) is 6. The fourth-order valence-corrected chi connectivity index (χ4v) is 2.68. The smallest absolute Gasteiger partial charge is 0.394 e. The van der Waals surface area contributed by atoms with Gasteiger partial charge in [0.25, 0.3) is 0 Å². The number of carbonyl (C=O) groups excluding carboxylic acids is 2. The standard InChI is InChI=1S/C21H22N2O7/c22-9-8-13-2-1-3-16(10-13)21(29)30-12-15-6-4-14(5-7-15)11-17(19(25)26)23-18(24)20(27)28/h1-7,10,17H,8-9,11-12,22H2,(H,23,24)(H,25,26)(H,27,28). The summed E-state index contributed by atoms with van der Waals surface area (Å²) in [6.07, 6.45) is 0.565. The average Bonchev–Trinajstić information content (AvgIpc) is 2.72. The van der Waals surface area contributed by atoms with Crippen molar-refractivity contribution >= 4 is 23.8 Å². The maximum absolute atomic E-state index is 12.2. The molecule has 0 radical (unpaired) electrons. The molecule has 0 fully saturated rings. The van der Waals surface area contributed by atoms with Crippen LogP contribution >= 0.6 is 0 Å². The third-order valence-corrected chi connectivity index (χ3v) is 4.23. The molecule has 30 heavy (non-hydrogen) atoms. The number of carboxylic acid groups (broad SMARTS) is 2. The molecular formula is C21H22N2O7. The van der Waals surface area contributed by atoms with Gasteiger partial charge in [-0.1, -0.05) is 36.4 Å². The number of esters is 1. The molecule has 158 valence electrons. The zero-order chi connectivity index (χ0) is 22.1. The lowest BCUT2D eigenvalue weighted by molar-refractivity contribution is -0.152. The van der Waals surface area contributed by atoms with Crippen LogP contribution in [0, 0.1) is 0 Å². The van der Waals surface area contributed by atoms with E-state index in [1.54, 1.807) is 42.5 Å². The molecule has 2 rings (SSSR count). The zero-order valence-corrected chi connectivity index (χ0v) is 16.0. The molecule has 2 aromatic rings. The first kappa shape index (κ1) is 22.6. The lowest BCUT2D eigenvalue weighted by Crippen LogP contribution is -2.45. The molecule has 1 atom stereocenters. The van der Waals surface area contributed by atoms with Crippen molar-refractivity contribution in [2.24, 2.45) is 5.73 Å². The van der Waals surface area contributed by atoms with Crippen LogP contribution in [0.25, 0.3) is 0 Å². The quantitative estimate of drug-likeness (QED) is 0.346. The lowest BCUT2D eigenvalue weighted by atomic mass is 10.0. The summed E-state index contributed by atoms with van der Waals surface area (Å²) in [7, 11) is 0. The summed E-state index contributed by atoms with van der Waals surface area (Å²) in [5.41, 5.74) is 8.15. The molecule has 9 heteroatoms. The minimum Gasteiger partial charge on any atom is -0.480 e. The summed E-state index contributed by atoms with van der Waals surface area (Å²) >= 11 is 0. The van der Waals surface area contributed by atoms with Gasteiger partial charge in [-0.25, -0.2) is 14.4 Å². The van der Waals surface area contributed by atoms with E-state index < -0.39 is 29.9 Å². The Bertz CT molecular complexity index is 925. The maximum Gasteiger partial charge on any atom is 0.394 e. The number of carboxylic acids is 2. The molecule has 0 heterocycles. The van der Waals surface area contributed by atoms with Gasteiger partial charge in [0, 0.05) is 6.42 Å². The Labute approximate surface area is 172 Å². The van der Waals surface area contributed by atoms with Gasteiger partial charge in [-0.3, -0.25) is 4.79 Å². The van der Waals surface area contributed by atoms with Gasteiger partial charge >= 0.3 is 23.8 Å². The van der Waals surface area contributed by atoms with Crippen LogP contribution < -0.4 is 11.1 Å². The van der Waals surface area contributed by atoms with E-state index in [2.05, 4.69) is 0 Å². The predicted molar refractivity (Wildman–Crippen MR) is 106 cm³/mol. The first-order valence-electron chi connectivity index (χ1n) is 9.10. The number of nitrogens with one attached hydrogen (secondary N) is 1. The van der Waals surface area contributed by atoms with E-state index in [-0.39, 0.29) is 13.0 Å². The molecule has 0 saturated carbocycles. The number of nitrogens with two attached hydrogens (primary N) is 1. The van der Waals surface area contributed by atoms with Gasteiger partial charge in [0.05, 0.1) is 5.56 Å². The largest absolute Gasteiger partial charge is 0.480 e. The summed E-state index contributed by atoms with van der Waals surface area (Å²) in [6, 6.07) is 12.2. The lowest BCUT2D eigenvalue weighted by Gasteiger charge is -2.13. The highest BCUT2D eigenvalue weighted by Crippen LogP contribution is 2.12. The van der Waals surface area contributed by atoms with Gasteiger partial charge in [-0.2, -0.15) is 0 Å². The molecule has 0 saturated heterocycles. The molecule has 1 amide bonds. The molecule has 0 aliphatic rings. The summed E-state index contributed by atoms with van der Waals surface area (Å²) in [5.74, 6) is -4.96. The highest BCUT2D eigenvalue weighted by molar-refractivity contribution is 6.31. The number of carbonyl (C=O) groups is 4. The second-order valence-electron chi connectivity index (χ2n) is 6.51.